The Hall–Kier alpha value is -1.32. The first-order valence-electron chi connectivity index (χ1n) is 5.64. The Morgan fingerprint density at radius 3 is 2.72 bits per heavy atom. The summed E-state index contributed by atoms with van der Waals surface area (Å²) in [6.07, 6.45) is 1.52. The summed E-state index contributed by atoms with van der Waals surface area (Å²) in [6, 6.07) is 8.15. The lowest BCUT2D eigenvalue weighted by molar-refractivity contribution is 0.975. The van der Waals surface area contributed by atoms with E-state index in [0.29, 0.717) is 10.8 Å². The molecule has 0 saturated carbocycles. The van der Waals surface area contributed by atoms with Crippen LogP contribution in [-0.2, 0) is 0 Å². The molecular weight excluding hydrogens is 269 g/mol. The van der Waals surface area contributed by atoms with Crippen LogP contribution in [0.4, 0.5) is 11.5 Å². The maximum Gasteiger partial charge on any atom is 0.224 e. The van der Waals surface area contributed by atoms with Gasteiger partial charge in [-0.3, -0.25) is 0 Å². The highest BCUT2D eigenvalue weighted by Crippen LogP contribution is 2.30. The first-order chi connectivity index (χ1) is 8.61. The molecule has 94 valence electrons. The quantitative estimate of drug-likeness (QED) is 0.788. The Kier molecular flexibility index (Phi) is 4.04. The second kappa shape index (κ2) is 5.55. The van der Waals surface area contributed by atoms with Crippen molar-refractivity contribution in [2.75, 3.05) is 11.4 Å². The van der Waals surface area contributed by atoms with Crippen LogP contribution in [0.5, 0.6) is 0 Å². The smallest absolute Gasteiger partial charge is 0.224 e. The second-order valence-electron chi connectivity index (χ2n) is 3.89. The average Bonchev–Trinajstić information content (AvgIpc) is 2.35. The van der Waals surface area contributed by atoms with Gasteiger partial charge in [-0.1, -0.05) is 23.7 Å². The van der Waals surface area contributed by atoms with Gasteiger partial charge in [0, 0.05) is 12.2 Å². The molecular formula is C13H13Cl2N3. The maximum atomic E-state index is 6.13. The number of hydrogen-bond donors (Lipinski definition) is 0. The predicted octanol–water partition coefficient (Wildman–Crippen LogP) is 4.25. The molecule has 0 aliphatic heterocycles. The number of hydrogen-bond acceptors (Lipinski definition) is 3. The van der Waals surface area contributed by atoms with E-state index in [1.54, 1.807) is 0 Å². The molecule has 0 unspecified atom stereocenters. The Bertz CT molecular complexity index is 558. The molecule has 18 heavy (non-hydrogen) atoms. The summed E-state index contributed by atoms with van der Waals surface area (Å²) in [4.78, 5) is 10.1. The van der Waals surface area contributed by atoms with Crippen molar-refractivity contribution in [2.24, 2.45) is 0 Å². The maximum absolute atomic E-state index is 6.13. The van der Waals surface area contributed by atoms with Crippen LogP contribution in [0, 0.1) is 6.92 Å². The van der Waals surface area contributed by atoms with Gasteiger partial charge < -0.3 is 4.90 Å². The minimum absolute atomic E-state index is 0.195. The van der Waals surface area contributed by atoms with Gasteiger partial charge in [-0.15, -0.1) is 0 Å². The van der Waals surface area contributed by atoms with Gasteiger partial charge in [-0.25, -0.2) is 4.98 Å². The molecule has 1 heterocycles. The summed E-state index contributed by atoms with van der Waals surface area (Å²) in [5.41, 5.74) is 2.22. The fourth-order valence-electron chi connectivity index (χ4n) is 1.78. The van der Waals surface area contributed by atoms with Gasteiger partial charge in [0.15, 0.2) is 5.82 Å². The third-order valence-electron chi connectivity index (χ3n) is 2.58. The summed E-state index contributed by atoms with van der Waals surface area (Å²) < 4.78 is 0. The summed E-state index contributed by atoms with van der Waals surface area (Å²) >= 11 is 12.0. The lowest BCUT2D eigenvalue weighted by Crippen LogP contribution is -2.18. The largest absolute Gasteiger partial charge is 0.325 e. The predicted molar refractivity (Wildman–Crippen MR) is 75.9 cm³/mol. The number of aryl methyl sites for hydroxylation is 1. The van der Waals surface area contributed by atoms with Crippen molar-refractivity contribution in [1.29, 1.82) is 0 Å². The number of rotatable bonds is 3. The Morgan fingerprint density at radius 2 is 2.06 bits per heavy atom. The molecule has 2 rings (SSSR count). The van der Waals surface area contributed by atoms with Crippen LogP contribution >= 0.6 is 23.2 Å². The second-order valence-corrected chi connectivity index (χ2v) is 4.64. The van der Waals surface area contributed by atoms with Gasteiger partial charge in [0.25, 0.3) is 0 Å². The van der Waals surface area contributed by atoms with Crippen LogP contribution in [0.1, 0.15) is 12.5 Å². The van der Waals surface area contributed by atoms with Crippen LogP contribution in [-0.4, -0.2) is 16.5 Å². The molecule has 0 atom stereocenters. The highest BCUT2D eigenvalue weighted by Gasteiger charge is 2.13. The van der Waals surface area contributed by atoms with Crippen molar-refractivity contribution in [3.05, 3.63) is 46.3 Å². The molecule has 0 bridgehead atoms. The first-order valence-corrected chi connectivity index (χ1v) is 6.39. The topological polar surface area (TPSA) is 29.0 Å². The van der Waals surface area contributed by atoms with Crippen molar-refractivity contribution in [3.8, 4) is 0 Å². The van der Waals surface area contributed by atoms with Crippen LogP contribution in [0.25, 0.3) is 0 Å². The molecule has 0 aliphatic rings. The van der Waals surface area contributed by atoms with Crippen molar-refractivity contribution in [1.82, 2.24) is 9.97 Å². The van der Waals surface area contributed by atoms with E-state index in [4.69, 9.17) is 23.2 Å². The zero-order chi connectivity index (χ0) is 13.1. The number of aromatic nitrogens is 2. The van der Waals surface area contributed by atoms with E-state index in [9.17, 15) is 0 Å². The zero-order valence-corrected chi connectivity index (χ0v) is 11.7. The molecule has 0 N–H and O–H groups in total. The number of benzene rings is 1. The lowest BCUT2D eigenvalue weighted by Gasteiger charge is -2.23. The fourth-order valence-corrected chi connectivity index (χ4v) is 2.10. The van der Waals surface area contributed by atoms with E-state index in [0.717, 1.165) is 12.2 Å². The molecule has 0 spiro atoms. The standard InChI is InChI=1S/C13H13Cl2N3/c1-3-18(10-6-4-5-9(2)7-10)12-11(14)8-16-13(15)17-12/h4-8H,3H2,1-2H3. The van der Waals surface area contributed by atoms with Crippen LogP contribution in [0.15, 0.2) is 30.5 Å². The van der Waals surface area contributed by atoms with Crippen LogP contribution in [0.2, 0.25) is 10.3 Å². The Labute approximate surface area is 116 Å². The monoisotopic (exact) mass is 281 g/mol. The molecule has 0 amide bonds. The van der Waals surface area contributed by atoms with Gasteiger partial charge in [0.05, 0.1) is 6.20 Å². The molecule has 2 aromatic rings. The SMILES string of the molecule is CCN(c1cccc(C)c1)c1nc(Cl)ncc1Cl. The zero-order valence-electron chi connectivity index (χ0n) is 10.2. The molecule has 1 aromatic carbocycles. The number of halogens is 2. The van der Waals surface area contributed by atoms with Crippen LogP contribution < -0.4 is 4.90 Å². The van der Waals surface area contributed by atoms with E-state index in [2.05, 4.69) is 16.0 Å². The third-order valence-corrected chi connectivity index (χ3v) is 3.03. The molecule has 3 nitrogen and oxygen atoms in total. The number of anilines is 2. The van der Waals surface area contributed by atoms with Gasteiger partial charge in [-0.05, 0) is 43.1 Å². The fraction of sp³-hybridized carbons (Fsp3) is 0.231. The van der Waals surface area contributed by atoms with E-state index < -0.39 is 0 Å². The summed E-state index contributed by atoms with van der Waals surface area (Å²) in [6.45, 7) is 4.83. The average molecular weight is 282 g/mol. The van der Waals surface area contributed by atoms with Crippen molar-refractivity contribution < 1.29 is 0 Å². The van der Waals surface area contributed by atoms with E-state index >= 15 is 0 Å². The third kappa shape index (κ3) is 2.74. The van der Waals surface area contributed by atoms with Crippen molar-refractivity contribution in [3.63, 3.8) is 0 Å². The normalized spacial score (nSPS) is 10.4. The minimum atomic E-state index is 0.195. The molecule has 1 aromatic heterocycles. The highest BCUT2D eigenvalue weighted by atomic mass is 35.5. The molecule has 0 fully saturated rings. The minimum Gasteiger partial charge on any atom is -0.325 e. The van der Waals surface area contributed by atoms with E-state index in [1.807, 2.05) is 36.9 Å². The van der Waals surface area contributed by atoms with Crippen LogP contribution in [0.3, 0.4) is 0 Å². The van der Waals surface area contributed by atoms with E-state index in [-0.39, 0.29) is 5.28 Å². The lowest BCUT2D eigenvalue weighted by atomic mass is 10.2. The van der Waals surface area contributed by atoms with Crippen molar-refractivity contribution in [2.45, 2.75) is 13.8 Å². The number of nitrogens with zero attached hydrogens (tertiary/aromatic N) is 3. The molecule has 0 saturated heterocycles. The van der Waals surface area contributed by atoms with Gasteiger partial charge in [0.1, 0.15) is 5.02 Å². The molecule has 0 aliphatic carbocycles. The van der Waals surface area contributed by atoms with Gasteiger partial charge in [-0.2, -0.15) is 4.98 Å². The van der Waals surface area contributed by atoms with Crippen molar-refractivity contribution >= 4 is 34.7 Å². The molecule has 0 radical (unpaired) electrons. The first kappa shape index (κ1) is 13.1. The summed E-state index contributed by atoms with van der Waals surface area (Å²) in [5.74, 6) is 0.629. The highest BCUT2D eigenvalue weighted by molar-refractivity contribution is 6.33. The van der Waals surface area contributed by atoms with E-state index in [1.165, 1.54) is 11.8 Å². The molecule has 5 heteroatoms. The summed E-state index contributed by atoms with van der Waals surface area (Å²) in [7, 11) is 0. The van der Waals surface area contributed by atoms with Gasteiger partial charge in [0.2, 0.25) is 5.28 Å². The van der Waals surface area contributed by atoms with Gasteiger partial charge >= 0.3 is 0 Å². The Balaban J connectivity index is 2.48. The summed E-state index contributed by atoms with van der Waals surface area (Å²) in [5, 5.41) is 0.684. The Morgan fingerprint density at radius 1 is 1.28 bits per heavy atom.